The first kappa shape index (κ1) is 17.4. The third-order valence-electron chi connectivity index (χ3n) is 3.85. The molecule has 136 valence electrons. The minimum atomic E-state index is -0.324. The zero-order valence-electron chi connectivity index (χ0n) is 14.9. The van der Waals surface area contributed by atoms with Crippen LogP contribution in [0, 0.1) is 6.92 Å². The van der Waals surface area contributed by atoms with Gasteiger partial charge in [-0.1, -0.05) is 20.8 Å². The third kappa shape index (κ3) is 4.16. The lowest BCUT2D eigenvalue weighted by Crippen LogP contribution is -2.44. The zero-order chi connectivity index (χ0) is 18.0. The molecule has 9 nitrogen and oxygen atoms in total. The Morgan fingerprint density at radius 1 is 1.48 bits per heavy atom. The van der Waals surface area contributed by atoms with E-state index in [0.29, 0.717) is 37.2 Å². The number of aromatic amines is 1. The van der Waals surface area contributed by atoms with Crippen LogP contribution in [-0.4, -0.2) is 57.4 Å². The number of morpholine rings is 1. The number of hydrogen-bond donors (Lipinski definition) is 1. The van der Waals surface area contributed by atoms with Gasteiger partial charge in [0, 0.05) is 18.0 Å². The molecule has 9 heteroatoms. The van der Waals surface area contributed by atoms with Crippen LogP contribution in [0.15, 0.2) is 10.6 Å². The second-order valence-corrected chi connectivity index (χ2v) is 7.06. The lowest BCUT2D eigenvalue weighted by Gasteiger charge is -2.31. The van der Waals surface area contributed by atoms with Gasteiger partial charge in [0.15, 0.2) is 18.3 Å². The van der Waals surface area contributed by atoms with Crippen LogP contribution in [0.3, 0.4) is 0 Å². The number of amides is 1. The standard InChI is InChI=1S/C16H23N5O4/c1-10-7-12(20-25-10)24-9-13(22)21-5-6-23-11(8-21)14-17-15(19-18-14)16(2,3)4/h7,11H,5-6,8-9H2,1-4H3,(H,17,18,19). The van der Waals surface area contributed by atoms with Crippen molar-refractivity contribution in [1.82, 2.24) is 25.2 Å². The maximum Gasteiger partial charge on any atom is 0.260 e. The number of nitrogens with zero attached hydrogens (tertiary/aromatic N) is 4. The highest BCUT2D eigenvalue weighted by Gasteiger charge is 2.29. The fourth-order valence-electron chi connectivity index (χ4n) is 2.43. The van der Waals surface area contributed by atoms with Gasteiger partial charge in [-0.15, -0.1) is 0 Å². The average Bonchev–Trinajstić information content (AvgIpc) is 3.21. The molecule has 2 aromatic heterocycles. The highest BCUT2D eigenvalue weighted by Crippen LogP contribution is 2.23. The van der Waals surface area contributed by atoms with E-state index in [2.05, 4.69) is 20.3 Å². The molecule has 0 radical (unpaired) electrons. The first-order valence-corrected chi connectivity index (χ1v) is 8.21. The van der Waals surface area contributed by atoms with E-state index >= 15 is 0 Å². The molecule has 0 spiro atoms. The minimum Gasteiger partial charge on any atom is -0.465 e. The van der Waals surface area contributed by atoms with Crippen LogP contribution >= 0.6 is 0 Å². The van der Waals surface area contributed by atoms with Gasteiger partial charge < -0.3 is 18.9 Å². The van der Waals surface area contributed by atoms with Gasteiger partial charge in [0.1, 0.15) is 11.9 Å². The highest BCUT2D eigenvalue weighted by molar-refractivity contribution is 5.77. The predicted molar refractivity (Wildman–Crippen MR) is 87.1 cm³/mol. The first-order valence-electron chi connectivity index (χ1n) is 8.21. The van der Waals surface area contributed by atoms with Crippen molar-refractivity contribution in [1.29, 1.82) is 0 Å². The monoisotopic (exact) mass is 349 g/mol. The molecule has 0 saturated carbocycles. The molecular weight excluding hydrogens is 326 g/mol. The second kappa shape index (κ2) is 6.83. The van der Waals surface area contributed by atoms with Crippen LogP contribution in [-0.2, 0) is 14.9 Å². The van der Waals surface area contributed by atoms with Gasteiger partial charge in [0.05, 0.1) is 13.2 Å². The van der Waals surface area contributed by atoms with Gasteiger partial charge >= 0.3 is 0 Å². The van der Waals surface area contributed by atoms with Crippen LogP contribution in [0.25, 0.3) is 0 Å². The van der Waals surface area contributed by atoms with Crippen molar-refractivity contribution in [3.8, 4) is 5.88 Å². The molecule has 1 N–H and O–H groups in total. The number of ether oxygens (including phenoxy) is 2. The topological polar surface area (TPSA) is 106 Å². The van der Waals surface area contributed by atoms with Crippen LogP contribution in [0.5, 0.6) is 5.88 Å². The smallest absolute Gasteiger partial charge is 0.260 e. The van der Waals surface area contributed by atoms with Gasteiger partial charge in [-0.3, -0.25) is 9.89 Å². The van der Waals surface area contributed by atoms with E-state index in [1.165, 1.54) is 0 Å². The van der Waals surface area contributed by atoms with Crippen molar-refractivity contribution in [3.63, 3.8) is 0 Å². The molecule has 2 aromatic rings. The molecule has 3 heterocycles. The Morgan fingerprint density at radius 3 is 2.92 bits per heavy atom. The van der Waals surface area contributed by atoms with Crippen LogP contribution in [0.2, 0.25) is 0 Å². The molecular formula is C16H23N5O4. The summed E-state index contributed by atoms with van der Waals surface area (Å²) in [6.07, 6.45) is -0.324. The van der Waals surface area contributed by atoms with E-state index in [0.717, 1.165) is 5.82 Å². The number of aryl methyl sites for hydroxylation is 1. The van der Waals surface area contributed by atoms with Crippen molar-refractivity contribution < 1.29 is 18.8 Å². The third-order valence-corrected chi connectivity index (χ3v) is 3.85. The first-order chi connectivity index (χ1) is 11.8. The van der Waals surface area contributed by atoms with Gasteiger partial charge in [-0.05, 0) is 12.1 Å². The Labute approximate surface area is 145 Å². The fraction of sp³-hybridized carbons (Fsp3) is 0.625. The molecule has 0 aliphatic carbocycles. The molecule has 3 rings (SSSR count). The quantitative estimate of drug-likeness (QED) is 0.888. The number of rotatable bonds is 4. The number of carbonyl (C=O) groups is 1. The summed E-state index contributed by atoms with van der Waals surface area (Å²) in [6.45, 7) is 9.14. The van der Waals surface area contributed by atoms with Gasteiger partial charge in [-0.25, -0.2) is 4.98 Å². The Balaban J connectivity index is 1.58. The van der Waals surface area contributed by atoms with E-state index in [4.69, 9.17) is 14.0 Å². The van der Waals surface area contributed by atoms with Gasteiger partial charge in [-0.2, -0.15) is 5.10 Å². The van der Waals surface area contributed by atoms with Gasteiger partial charge in [0.25, 0.3) is 11.8 Å². The Kier molecular flexibility index (Phi) is 4.76. The van der Waals surface area contributed by atoms with E-state index in [1.807, 2.05) is 20.8 Å². The number of aromatic nitrogens is 4. The summed E-state index contributed by atoms with van der Waals surface area (Å²) in [6, 6.07) is 1.64. The van der Waals surface area contributed by atoms with Crippen LogP contribution in [0.1, 0.15) is 44.3 Å². The Morgan fingerprint density at radius 2 is 2.28 bits per heavy atom. The number of H-pyrrole nitrogens is 1. The molecule has 1 unspecified atom stereocenters. The normalized spacial score (nSPS) is 18.4. The molecule has 1 saturated heterocycles. The summed E-state index contributed by atoms with van der Waals surface area (Å²) in [5.41, 5.74) is -0.150. The minimum absolute atomic E-state index is 0.0949. The van der Waals surface area contributed by atoms with Crippen molar-refractivity contribution in [2.24, 2.45) is 0 Å². The van der Waals surface area contributed by atoms with Crippen molar-refractivity contribution in [3.05, 3.63) is 23.5 Å². The Bertz CT molecular complexity index is 733. The zero-order valence-corrected chi connectivity index (χ0v) is 14.9. The number of hydrogen-bond acceptors (Lipinski definition) is 7. The number of carbonyl (C=O) groups excluding carboxylic acids is 1. The largest absolute Gasteiger partial charge is 0.465 e. The molecule has 0 bridgehead atoms. The molecule has 1 amide bonds. The van der Waals surface area contributed by atoms with E-state index in [-0.39, 0.29) is 24.0 Å². The molecule has 1 aliphatic rings. The maximum atomic E-state index is 12.4. The summed E-state index contributed by atoms with van der Waals surface area (Å²) in [4.78, 5) is 18.6. The molecule has 25 heavy (non-hydrogen) atoms. The SMILES string of the molecule is Cc1cc(OCC(=O)N2CCOC(c3nc(C(C)(C)C)n[nH]3)C2)no1. The lowest BCUT2D eigenvalue weighted by atomic mass is 9.96. The average molecular weight is 349 g/mol. The Hall–Kier alpha value is -2.42. The predicted octanol–water partition coefficient (Wildman–Crippen LogP) is 1.38. The summed E-state index contributed by atoms with van der Waals surface area (Å²) in [5, 5.41) is 10.9. The van der Waals surface area contributed by atoms with Crippen molar-refractivity contribution in [2.45, 2.75) is 39.2 Å². The van der Waals surface area contributed by atoms with E-state index in [1.54, 1.807) is 17.9 Å². The molecule has 1 fully saturated rings. The van der Waals surface area contributed by atoms with Gasteiger partial charge in [0.2, 0.25) is 0 Å². The van der Waals surface area contributed by atoms with E-state index < -0.39 is 0 Å². The van der Waals surface area contributed by atoms with Crippen molar-refractivity contribution >= 4 is 5.91 Å². The molecule has 1 aliphatic heterocycles. The highest BCUT2D eigenvalue weighted by atomic mass is 16.5. The summed E-state index contributed by atoms with van der Waals surface area (Å²) in [5.74, 6) is 2.16. The summed E-state index contributed by atoms with van der Waals surface area (Å²) < 4.78 is 16.0. The lowest BCUT2D eigenvalue weighted by molar-refractivity contribution is -0.141. The van der Waals surface area contributed by atoms with E-state index in [9.17, 15) is 4.79 Å². The number of nitrogens with one attached hydrogen (secondary N) is 1. The summed E-state index contributed by atoms with van der Waals surface area (Å²) >= 11 is 0. The van der Waals surface area contributed by atoms with Crippen molar-refractivity contribution in [2.75, 3.05) is 26.3 Å². The van der Waals surface area contributed by atoms with Crippen LogP contribution < -0.4 is 4.74 Å². The molecule has 1 atom stereocenters. The fourth-order valence-corrected chi connectivity index (χ4v) is 2.43. The van der Waals surface area contributed by atoms with Crippen LogP contribution in [0.4, 0.5) is 0 Å². The maximum absolute atomic E-state index is 12.4. The summed E-state index contributed by atoms with van der Waals surface area (Å²) in [7, 11) is 0. The second-order valence-electron chi connectivity index (χ2n) is 7.06. The molecule has 0 aromatic carbocycles.